The van der Waals surface area contributed by atoms with Gasteiger partial charge in [-0.3, -0.25) is 0 Å². The Bertz CT molecular complexity index is 535. The molecule has 3 nitrogen and oxygen atoms in total. The van der Waals surface area contributed by atoms with Crippen LogP contribution in [0.25, 0.3) is 0 Å². The van der Waals surface area contributed by atoms with Gasteiger partial charge in [-0.1, -0.05) is 6.92 Å². The molecule has 1 rings (SSSR count). The zero-order valence-electron chi connectivity index (χ0n) is 10.2. The van der Waals surface area contributed by atoms with Crippen molar-refractivity contribution in [2.45, 2.75) is 23.7 Å². The van der Waals surface area contributed by atoms with Crippen LogP contribution in [0, 0.1) is 11.3 Å². The zero-order chi connectivity index (χ0) is 14.6. The highest BCUT2D eigenvalue weighted by Gasteiger charge is 2.32. The van der Waals surface area contributed by atoms with Crippen LogP contribution in [0.15, 0.2) is 17.0 Å². The Balaban J connectivity index is 3.47. The molecular weight excluding hydrogens is 279 g/mol. The van der Waals surface area contributed by atoms with E-state index >= 15 is 0 Å². The van der Waals surface area contributed by atoms with Crippen molar-refractivity contribution in [2.24, 2.45) is 0 Å². The number of carbonyl (C=O) groups is 1. The first kappa shape index (κ1) is 15.4. The first-order valence-corrected chi connectivity index (χ1v) is 6.05. The molecule has 1 aromatic carbocycles. The summed E-state index contributed by atoms with van der Waals surface area (Å²) in [7, 11) is 1.10. The van der Waals surface area contributed by atoms with Gasteiger partial charge >= 0.3 is 11.5 Å². The second kappa shape index (κ2) is 5.97. The third-order valence-electron chi connectivity index (χ3n) is 2.31. The van der Waals surface area contributed by atoms with E-state index in [1.165, 1.54) is 6.07 Å². The van der Waals surface area contributed by atoms with Crippen LogP contribution in [-0.4, -0.2) is 18.6 Å². The van der Waals surface area contributed by atoms with Crippen molar-refractivity contribution in [3.8, 4) is 6.07 Å². The van der Waals surface area contributed by atoms with Crippen LogP contribution in [0.4, 0.5) is 13.2 Å². The van der Waals surface area contributed by atoms with Gasteiger partial charge in [-0.05, 0) is 35.9 Å². The largest absolute Gasteiger partial charge is 0.465 e. The summed E-state index contributed by atoms with van der Waals surface area (Å²) in [5.41, 5.74) is -4.23. The Hall–Kier alpha value is -1.68. The number of nitrogens with zero attached hydrogens (tertiary/aromatic N) is 1. The predicted octanol–water partition coefficient (Wildman–Crippen LogP) is 3.52. The van der Waals surface area contributed by atoms with E-state index in [4.69, 9.17) is 5.26 Å². The SMILES string of the molecule is CCc1cc(C#N)cc(SC(F)(F)F)c1C(=O)OC. The maximum Gasteiger partial charge on any atom is 0.446 e. The Morgan fingerprint density at radius 3 is 2.53 bits per heavy atom. The summed E-state index contributed by atoms with van der Waals surface area (Å²) in [5.74, 6) is -0.840. The molecule has 0 spiro atoms. The van der Waals surface area contributed by atoms with Gasteiger partial charge in [0.25, 0.3) is 0 Å². The van der Waals surface area contributed by atoms with Crippen molar-refractivity contribution in [3.05, 3.63) is 28.8 Å². The van der Waals surface area contributed by atoms with E-state index in [-0.39, 0.29) is 16.0 Å². The zero-order valence-corrected chi connectivity index (χ0v) is 11.0. The molecule has 0 radical (unpaired) electrons. The topological polar surface area (TPSA) is 50.1 Å². The lowest BCUT2D eigenvalue weighted by Crippen LogP contribution is -2.10. The smallest absolute Gasteiger partial charge is 0.446 e. The van der Waals surface area contributed by atoms with Gasteiger partial charge in [0.05, 0.1) is 24.3 Å². The lowest BCUT2D eigenvalue weighted by Gasteiger charge is -2.13. The molecule has 19 heavy (non-hydrogen) atoms. The molecule has 0 aliphatic heterocycles. The van der Waals surface area contributed by atoms with E-state index in [0.717, 1.165) is 13.2 Å². The molecule has 0 fully saturated rings. The number of nitriles is 1. The fourth-order valence-electron chi connectivity index (χ4n) is 1.56. The van der Waals surface area contributed by atoms with Gasteiger partial charge in [0.1, 0.15) is 0 Å². The Labute approximate surface area is 112 Å². The summed E-state index contributed by atoms with van der Waals surface area (Å²) in [4.78, 5) is 11.3. The molecule has 0 aliphatic carbocycles. The van der Waals surface area contributed by atoms with Gasteiger partial charge < -0.3 is 4.74 Å². The molecule has 102 valence electrons. The first-order valence-electron chi connectivity index (χ1n) is 5.23. The average molecular weight is 289 g/mol. The summed E-state index contributed by atoms with van der Waals surface area (Å²) < 4.78 is 42.0. The van der Waals surface area contributed by atoms with E-state index in [9.17, 15) is 18.0 Å². The maximum atomic E-state index is 12.5. The highest BCUT2D eigenvalue weighted by atomic mass is 32.2. The van der Waals surface area contributed by atoms with Crippen molar-refractivity contribution >= 4 is 17.7 Å². The summed E-state index contributed by atoms with van der Waals surface area (Å²) in [6, 6.07) is 4.22. The number of hydrogen-bond donors (Lipinski definition) is 0. The third-order valence-corrected chi connectivity index (χ3v) is 3.08. The normalized spacial score (nSPS) is 10.9. The van der Waals surface area contributed by atoms with Crippen molar-refractivity contribution in [2.75, 3.05) is 7.11 Å². The molecule has 0 atom stereocenters. The molecule has 0 aromatic heterocycles. The number of benzene rings is 1. The number of alkyl halides is 3. The number of halogens is 3. The van der Waals surface area contributed by atoms with E-state index in [1.807, 2.05) is 0 Å². The molecule has 0 bridgehead atoms. The Morgan fingerprint density at radius 2 is 2.11 bits per heavy atom. The maximum absolute atomic E-state index is 12.5. The summed E-state index contributed by atoms with van der Waals surface area (Å²) in [6.07, 6.45) is 0.325. The van der Waals surface area contributed by atoms with Gasteiger partial charge in [-0.2, -0.15) is 18.4 Å². The molecule has 0 unspecified atom stereocenters. The summed E-state index contributed by atoms with van der Waals surface area (Å²) in [5, 5.41) is 8.81. The number of hydrogen-bond acceptors (Lipinski definition) is 4. The van der Waals surface area contributed by atoms with Crippen LogP contribution in [0.2, 0.25) is 0 Å². The number of esters is 1. The van der Waals surface area contributed by atoms with Gasteiger partial charge in [-0.25, -0.2) is 4.79 Å². The Kier molecular flexibility index (Phi) is 4.84. The molecule has 0 amide bonds. The molecule has 0 heterocycles. The van der Waals surface area contributed by atoms with Crippen molar-refractivity contribution in [3.63, 3.8) is 0 Å². The van der Waals surface area contributed by atoms with Crippen LogP contribution >= 0.6 is 11.8 Å². The average Bonchev–Trinajstić information content (AvgIpc) is 2.34. The van der Waals surface area contributed by atoms with Crippen LogP contribution in [-0.2, 0) is 11.2 Å². The van der Waals surface area contributed by atoms with Crippen LogP contribution in [0.5, 0.6) is 0 Å². The molecule has 0 N–H and O–H groups in total. The van der Waals surface area contributed by atoms with E-state index < -0.39 is 23.2 Å². The number of aryl methyl sites for hydroxylation is 1. The molecule has 0 aliphatic rings. The van der Waals surface area contributed by atoms with E-state index in [2.05, 4.69) is 4.74 Å². The fraction of sp³-hybridized carbons (Fsp3) is 0.333. The van der Waals surface area contributed by atoms with E-state index in [1.54, 1.807) is 13.0 Å². The van der Waals surface area contributed by atoms with Crippen molar-refractivity contribution in [1.82, 2.24) is 0 Å². The second-order valence-corrected chi connectivity index (χ2v) is 4.62. The van der Waals surface area contributed by atoms with Crippen molar-refractivity contribution < 1.29 is 22.7 Å². The highest BCUT2D eigenvalue weighted by Crippen LogP contribution is 2.40. The molecule has 7 heteroatoms. The summed E-state index contributed by atoms with van der Waals surface area (Å²) in [6.45, 7) is 1.69. The van der Waals surface area contributed by atoms with Gasteiger partial charge in [0, 0.05) is 4.90 Å². The van der Waals surface area contributed by atoms with Crippen LogP contribution in [0.3, 0.4) is 0 Å². The van der Waals surface area contributed by atoms with Crippen molar-refractivity contribution in [1.29, 1.82) is 5.26 Å². The minimum atomic E-state index is -4.54. The number of thioether (sulfide) groups is 1. The number of carbonyl (C=O) groups excluding carboxylic acids is 1. The molecule has 0 saturated heterocycles. The number of rotatable bonds is 3. The summed E-state index contributed by atoms with van der Waals surface area (Å²) >= 11 is -0.422. The van der Waals surface area contributed by atoms with Gasteiger partial charge in [0.15, 0.2) is 0 Å². The van der Waals surface area contributed by atoms with Gasteiger partial charge in [-0.15, -0.1) is 0 Å². The van der Waals surface area contributed by atoms with E-state index in [0.29, 0.717) is 12.0 Å². The third kappa shape index (κ3) is 3.89. The second-order valence-electron chi connectivity index (χ2n) is 3.51. The molecule has 0 saturated carbocycles. The monoisotopic (exact) mass is 289 g/mol. The van der Waals surface area contributed by atoms with Gasteiger partial charge in [0.2, 0.25) is 0 Å². The first-order chi connectivity index (χ1) is 8.82. The van der Waals surface area contributed by atoms with Crippen LogP contribution < -0.4 is 0 Å². The predicted molar refractivity (Wildman–Crippen MR) is 63.8 cm³/mol. The molecule has 1 aromatic rings. The lowest BCUT2D eigenvalue weighted by molar-refractivity contribution is -0.0328. The van der Waals surface area contributed by atoms with Crippen LogP contribution in [0.1, 0.15) is 28.4 Å². The Morgan fingerprint density at radius 1 is 1.47 bits per heavy atom. The quantitative estimate of drug-likeness (QED) is 0.631. The molecular formula is C12H10F3NO2S. The standard InChI is InChI=1S/C12H10F3NO2S/c1-3-8-4-7(6-16)5-9(19-12(13,14)15)10(8)11(17)18-2/h4-5H,3H2,1-2H3. The fourth-order valence-corrected chi connectivity index (χ4v) is 2.31. The number of methoxy groups -OCH3 is 1. The highest BCUT2D eigenvalue weighted by molar-refractivity contribution is 8.00. The number of ether oxygens (including phenoxy) is 1. The lowest BCUT2D eigenvalue weighted by atomic mass is 10.0. The minimum absolute atomic E-state index is 0.0799. The minimum Gasteiger partial charge on any atom is -0.465 e.